The molecule has 0 radical (unpaired) electrons. The predicted molar refractivity (Wildman–Crippen MR) is 164 cm³/mol. The van der Waals surface area contributed by atoms with Gasteiger partial charge in [0.25, 0.3) is 5.91 Å². The highest BCUT2D eigenvalue weighted by Gasteiger charge is 2.41. The van der Waals surface area contributed by atoms with Gasteiger partial charge in [-0.2, -0.15) is 11.8 Å². The molecule has 2 unspecified atom stereocenters. The van der Waals surface area contributed by atoms with E-state index in [1.165, 1.54) is 0 Å². The van der Waals surface area contributed by atoms with Crippen LogP contribution >= 0.6 is 11.8 Å². The second kappa shape index (κ2) is 17.3. The van der Waals surface area contributed by atoms with E-state index in [4.69, 9.17) is 4.74 Å². The molecule has 7 nitrogen and oxygen atoms in total. The topological polar surface area (TPSA) is 113 Å². The van der Waals surface area contributed by atoms with Gasteiger partial charge in [0.15, 0.2) is 0 Å². The van der Waals surface area contributed by atoms with Crippen LogP contribution in [0.1, 0.15) is 88.4 Å². The number of Topliss-reactive ketones (excluding diaryl/α,β-unsaturated/α-hetero) is 1. The van der Waals surface area contributed by atoms with Gasteiger partial charge in [-0.15, -0.1) is 0 Å². The molecule has 0 saturated heterocycles. The number of benzene rings is 2. The minimum atomic E-state index is -0.639. The van der Waals surface area contributed by atoms with E-state index in [1.54, 1.807) is 60.3 Å². The minimum absolute atomic E-state index is 0.123. The number of ketones is 1. The van der Waals surface area contributed by atoms with Crippen molar-refractivity contribution in [3.63, 3.8) is 0 Å². The lowest BCUT2D eigenvalue weighted by Crippen LogP contribution is -2.28. The molecule has 8 heteroatoms. The fourth-order valence-corrected chi connectivity index (χ4v) is 6.73. The smallest absolute Gasteiger partial charge is 0.311 e. The molecular weight excluding hydrogens is 538 g/mol. The van der Waals surface area contributed by atoms with E-state index in [2.05, 4.69) is 19.2 Å². The molecule has 3 rings (SSSR count). The first kappa shape index (κ1) is 32.8. The van der Waals surface area contributed by atoms with Gasteiger partial charge in [0.1, 0.15) is 11.5 Å². The number of esters is 1. The van der Waals surface area contributed by atoms with Gasteiger partial charge in [0.05, 0.1) is 12.2 Å². The van der Waals surface area contributed by atoms with Gasteiger partial charge in [0.2, 0.25) is 0 Å². The molecule has 5 atom stereocenters. The molecule has 1 amide bonds. The number of aliphatic hydroxyl groups excluding tert-OH is 2. The van der Waals surface area contributed by atoms with Crippen molar-refractivity contribution in [2.75, 3.05) is 11.1 Å². The summed E-state index contributed by atoms with van der Waals surface area (Å²) >= 11 is 1.55. The molecule has 0 aromatic heterocycles. The number of carbonyl (C=O) groups is 3. The fourth-order valence-electron chi connectivity index (χ4n) is 5.14. The molecule has 2 aromatic carbocycles. The maximum atomic E-state index is 12.5. The van der Waals surface area contributed by atoms with E-state index in [0.717, 1.165) is 44.9 Å². The zero-order valence-corrected chi connectivity index (χ0v) is 25.1. The molecule has 0 spiro atoms. The van der Waals surface area contributed by atoms with Gasteiger partial charge in [0, 0.05) is 41.0 Å². The van der Waals surface area contributed by atoms with Crippen molar-refractivity contribution >= 4 is 35.1 Å². The molecule has 0 bridgehead atoms. The van der Waals surface area contributed by atoms with Gasteiger partial charge < -0.3 is 20.3 Å². The molecule has 1 aliphatic carbocycles. The average Bonchev–Trinajstić information content (AvgIpc) is 3.24. The molecule has 1 saturated carbocycles. The van der Waals surface area contributed by atoms with Gasteiger partial charge in [-0.3, -0.25) is 14.4 Å². The van der Waals surface area contributed by atoms with E-state index >= 15 is 0 Å². The Hall–Kier alpha value is -2.68. The number of carbonyl (C=O) groups excluding carboxylic acids is 3. The fraction of sp³-hybridized carbons (Fsp3) is 0.545. The standard InChI is InChI=1S/C33H45NO6S/c1-3-4-12-23(2)30(37)22-41-32-27(28(35)21-29(32)36)15-10-5-6-11-16-31(38)40-26-19-17-25(18-20-26)34-33(39)24-13-8-7-9-14-24/h7-9,13-14,17-20,23,27,29-30,32,36-37H,3-6,10-12,15-16,21-22H2,1-2H3,(H,34,39)/t23?,27-,29+,30?,32+/m0/s1. The molecule has 1 aliphatic rings. The second-order valence-corrected chi connectivity index (χ2v) is 12.3. The van der Waals surface area contributed by atoms with Crippen LogP contribution in [0.15, 0.2) is 54.6 Å². The highest BCUT2D eigenvalue weighted by Crippen LogP contribution is 2.37. The van der Waals surface area contributed by atoms with E-state index in [1.807, 2.05) is 6.07 Å². The first-order valence-electron chi connectivity index (χ1n) is 15.0. The third-order valence-corrected chi connectivity index (χ3v) is 9.32. The van der Waals surface area contributed by atoms with Crippen LogP contribution < -0.4 is 10.1 Å². The number of hydrogen-bond acceptors (Lipinski definition) is 7. The first-order chi connectivity index (χ1) is 19.8. The number of anilines is 1. The number of unbranched alkanes of at least 4 members (excludes halogenated alkanes) is 4. The third kappa shape index (κ3) is 10.9. The van der Waals surface area contributed by atoms with Crippen molar-refractivity contribution in [3.8, 4) is 5.75 Å². The Labute approximate surface area is 248 Å². The summed E-state index contributed by atoms with van der Waals surface area (Å²) in [6, 6.07) is 15.7. The van der Waals surface area contributed by atoms with Gasteiger partial charge in [-0.1, -0.05) is 64.2 Å². The van der Waals surface area contributed by atoms with Crippen molar-refractivity contribution in [1.29, 1.82) is 0 Å². The lowest BCUT2D eigenvalue weighted by molar-refractivity contribution is -0.134. The van der Waals surface area contributed by atoms with Crippen LogP contribution in [-0.4, -0.2) is 51.1 Å². The summed E-state index contributed by atoms with van der Waals surface area (Å²) in [5.41, 5.74) is 1.18. The Morgan fingerprint density at radius 2 is 1.73 bits per heavy atom. The highest BCUT2D eigenvalue weighted by atomic mass is 32.2. The van der Waals surface area contributed by atoms with Crippen LogP contribution in [0, 0.1) is 11.8 Å². The summed E-state index contributed by atoms with van der Waals surface area (Å²) in [6.07, 6.45) is 6.68. The summed E-state index contributed by atoms with van der Waals surface area (Å²) in [7, 11) is 0. The normalized spacial score (nSPS) is 20.0. The maximum Gasteiger partial charge on any atom is 0.311 e. The van der Waals surface area contributed by atoms with E-state index in [-0.39, 0.29) is 41.2 Å². The SMILES string of the molecule is CCCCC(C)C(O)CS[C@H]1[C@H](O)CC(=O)[C@@H]1CCCCCCC(=O)Oc1ccc(NC(=O)c2ccccc2)cc1. The number of thioether (sulfide) groups is 1. The molecular formula is C33H45NO6S. The quantitative estimate of drug-likeness (QED) is 0.112. The number of aliphatic hydroxyl groups is 2. The zero-order valence-electron chi connectivity index (χ0n) is 24.3. The number of amides is 1. The van der Waals surface area contributed by atoms with Crippen LogP contribution in [0.5, 0.6) is 5.75 Å². The summed E-state index contributed by atoms with van der Waals surface area (Å²) in [4.78, 5) is 37.0. The van der Waals surface area contributed by atoms with Crippen molar-refractivity contribution in [1.82, 2.24) is 0 Å². The maximum absolute atomic E-state index is 12.5. The van der Waals surface area contributed by atoms with Crippen molar-refractivity contribution in [2.45, 2.75) is 95.5 Å². The van der Waals surface area contributed by atoms with E-state index in [0.29, 0.717) is 35.6 Å². The van der Waals surface area contributed by atoms with Crippen molar-refractivity contribution in [3.05, 3.63) is 60.2 Å². The van der Waals surface area contributed by atoms with Gasteiger partial charge in [-0.25, -0.2) is 0 Å². The number of hydrogen-bond donors (Lipinski definition) is 3. The van der Waals surface area contributed by atoms with Crippen LogP contribution in [0.25, 0.3) is 0 Å². The summed E-state index contributed by atoms with van der Waals surface area (Å²) < 4.78 is 5.42. The Balaban J connectivity index is 1.31. The number of nitrogens with one attached hydrogen (secondary N) is 1. The van der Waals surface area contributed by atoms with Crippen LogP contribution in [0.2, 0.25) is 0 Å². The monoisotopic (exact) mass is 583 g/mol. The molecule has 2 aromatic rings. The van der Waals surface area contributed by atoms with Crippen molar-refractivity contribution < 1.29 is 29.3 Å². The van der Waals surface area contributed by atoms with Gasteiger partial charge >= 0.3 is 5.97 Å². The summed E-state index contributed by atoms with van der Waals surface area (Å²) in [6.45, 7) is 4.21. The van der Waals surface area contributed by atoms with E-state index < -0.39 is 12.2 Å². The molecule has 0 aliphatic heterocycles. The predicted octanol–water partition coefficient (Wildman–Crippen LogP) is 6.42. The van der Waals surface area contributed by atoms with Crippen molar-refractivity contribution in [2.24, 2.45) is 11.8 Å². The molecule has 224 valence electrons. The Morgan fingerprint density at radius 3 is 2.44 bits per heavy atom. The Morgan fingerprint density at radius 1 is 1.02 bits per heavy atom. The molecule has 41 heavy (non-hydrogen) atoms. The molecule has 3 N–H and O–H groups in total. The average molecular weight is 584 g/mol. The number of ether oxygens (including phenoxy) is 1. The minimum Gasteiger partial charge on any atom is -0.427 e. The summed E-state index contributed by atoms with van der Waals surface area (Å²) in [5, 5.41) is 23.6. The molecule has 1 fully saturated rings. The Kier molecular flexibility index (Phi) is 13.9. The highest BCUT2D eigenvalue weighted by molar-refractivity contribution is 8.00. The third-order valence-electron chi connectivity index (χ3n) is 7.75. The first-order valence-corrected chi connectivity index (χ1v) is 16.0. The van der Waals surface area contributed by atoms with Gasteiger partial charge in [-0.05, 0) is 61.6 Å². The lowest BCUT2D eigenvalue weighted by Gasteiger charge is -2.24. The second-order valence-electron chi connectivity index (χ2n) is 11.1. The number of rotatable bonds is 17. The Bertz CT molecular complexity index is 1090. The van der Waals surface area contributed by atoms with Crippen LogP contribution in [0.4, 0.5) is 5.69 Å². The lowest BCUT2D eigenvalue weighted by atomic mass is 9.98. The zero-order chi connectivity index (χ0) is 29.6. The summed E-state index contributed by atoms with van der Waals surface area (Å²) in [5.74, 6) is 0.640. The van der Waals surface area contributed by atoms with Crippen LogP contribution in [-0.2, 0) is 9.59 Å². The largest absolute Gasteiger partial charge is 0.427 e. The van der Waals surface area contributed by atoms with E-state index in [9.17, 15) is 24.6 Å². The molecule has 0 heterocycles. The van der Waals surface area contributed by atoms with Crippen LogP contribution in [0.3, 0.4) is 0 Å².